The Morgan fingerprint density at radius 1 is 1.14 bits per heavy atom. The van der Waals surface area contributed by atoms with E-state index in [0.29, 0.717) is 11.4 Å². The van der Waals surface area contributed by atoms with Gasteiger partial charge in [0.05, 0.1) is 10.9 Å². The highest BCUT2D eigenvalue weighted by Gasteiger charge is 2.36. The molecule has 0 aliphatic carbocycles. The maximum atomic E-state index is 12.9. The molecule has 1 aromatic heterocycles. The van der Waals surface area contributed by atoms with Gasteiger partial charge < -0.3 is 0 Å². The third-order valence-corrected chi connectivity index (χ3v) is 6.04. The normalized spacial score (nSPS) is 19.8. The molecular formula is C16H18N2O2S. The van der Waals surface area contributed by atoms with Crippen LogP contribution in [0.15, 0.2) is 53.7 Å². The summed E-state index contributed by atoms with van der Waals surface area (Å²) in [6, 6.07) is 10.9. The van der Waals surface area contributed by atoms with Crippen molar-refractivity contribution in [3.63, 3.8) is 0 Å². The summed E-state index contributed by atoms with van der Waals surface area (Å²) in [4.78, 5) is 4.42. The van der Waals surface area contributed by atoms with E-state index in [0.717, 1.165) is 24.0 Å². The summed E-state index contributed by atoms with van der Waals surface area (Å²) in [6.07, 6.45) is 5.17. The summed E-state index contributed by atoms with van der Waals surface area (Å²) in [7, 11) is -3.45. The lowest BCUT2D eigenvalue weighted by molar-refractivity contribution is 0.396. The number of nitrogens with zero attached hydrogens (tertiary/aromatic N) is 2. The fraction of sp³-hybridized carbons (Fsp3) is 0.312. The van der Waals surface area contributed by atoms with Crippen LogP contribution in [0.5, 0.6) is 0 Å². The first-order chi connectivity index (χ1) is 10.1. The Hall–Kier alpha value is -1.72. The lowest BCUT2D eigenvalue weighted by atomic mass is 10.1. The highest BCUT2D eigenvalue weighted by Crippen LogP contribution is 2.36. The first-order valence-corrected chi connectivity index (χ1v) is 8.52. The van der Waals surface area contributed by atoms with Crippen molar-refractivity contribution in [1.29, 1.82) is 0 Å². The monoisotopic (exact) mass is 302 g/mol. The fourth-order valence-corrected chi connectivity index (χ4v) is 4.83. The molecule has 1 aliphatic rings. The number of pyridine rings is 1. The fourth-order valence-electron chi connectivity index (χ4n) is 2.92. The van der Waals surface area contributed by atoms with E-state index in [-0.39, 0.29) is 6.04 Å². The zero-order chi connectivity index (χ0) is 14.9. The standard InChI is InChI=1S/C16H18N2O2S/c1-13-5-2-3-7-16(13)21(19,20)18-12-4-6-15(18)14-8-10-17-11-9-14/h2-3,5,7-11,15H,4,6,12H2,1H3. The molecule has 1 atom stereocenters. The van der Waals surface area contributed by atoms with Gasteiger partial charge in [0.25, 0.3) is 0 Å². The number of rotatable bonds is 3. The van der Waals surface area contributed by atoms with Crippen LogP contribution in [0.25, 0.3) is 0 Å². The Bertz CT molecular complexity index is 729. The predicted molar refractivity (Wildman–Crippen MR) is 81.3 cm³/mol. The summed E-state index contributed by atoms with van der Waals surface area (Å²) >= 11 is 0. The Balaban J connectivity index is 2.01. The summed E-state index contributed by atoms with van der Waals surface area (Å²) in [5, 5.41) is 0. The third-order valence-electron chi connectivity index (χ3n) is 3.97. The smallest absolute Gasteiger partial charge is 0.243 e. The SMILES string of the molecule is Cc1ccccc1S(=O)(=O)N1CCCC1c1ccncc1. The third kappa shape index (κ3) is 2.59. The largest absolute Gasteiger partial charge is 0.265 e. The number of aromatic nitrogens is 1. The van der Waals surface area contributed by atoms with Gasteiger partial charge in [0.2, 0.25) is 10.0 Å². The van der Waals surface area contributed by atoms with Crippen molar-refractivity contribution in [2.45, 2.75) is 30.7 Å². The van der Waals surface area contributed by atoms with Crippen LogP contribution in [0.4, 0.5) is 0 Å². The van der Waals surface area contributed by atoms with Crippen LogP contribution in [0.1, 0.15) is 30.0 Å². The van der Waals surface area contributed by atoms with Crippen molar-refractivity contribution in [3.05, 3.63) is 59.9 Å². The molecule has 0 bridgehead atoms. The van der Waals surface area contributed by atoms with Crippen molar-refractivity contribution in [1.82, 2.24) is 9.29 Å². The maximum absolute atomic E-state index is 12.9. The van der Waals surface area contributed by atoms with E-state index in [2.05, 4.69) is 4.98 Å². The number of sulfonamides is 1. The molecule has 5 heteroatoms. The Morgan fingerprint density at radius 3 is 2.57 bits per heavy atom. The lowest BCUT2D eigenvalue weighted by Gasteiger charge is -2.25. The molecule has 0 saturated carbocycles. The van der Waals surface area contributed by atoms with Gasteiger partial charge in [-0.05, 0) is 49.1 Å². The van der Waals surface area contributed by atoms with Gasteiger partial charge in [-0.3, -0.25) is 4.98 Å². The van der Waals surface area contributed by atoms with Crippen molar-refractivity contribution in [2.24, 2.45) is 0 Å². The number of benzene rings is 1. The summed E-state index contributed by atoms with van der Waals surface area (Å²) in [5.41, 5.74) is 1.80. The van der Waals surface area contributed by atoms with Gasteiger partial charge in [0, 0.05) is 18.9 Å². The second-order valence-corrected chi connectivity index (χ2v) is 7.18. The summed E-state index contributed by atoms with van der Waals surface area (Å²) in [5.74, 6) is 0. The second-order valence-electron chi connectivity index (χ2n) is 5.32. The van der Waals surface area contributed by atoms with Crippen LogP contribution < -0.4 is 0 Å². The molecular weight excluding hydrogens is 284 g/mol. The number of hydrogen-bond acceptors (Lipinski definition) is 3. The molecule has 1 aliphatic heterocycles. The van der Waals surface area contributed by atoms with Gasteiger partial charge in [-0.15, -0.1) is 0 Å². The zero-order valence-corrected chi connectivity index (χ0v) is 12.8. The van der Waals surface area contributed by atoms with Crippen molar-refractivity contribution >= 4 is 10.0 Å². The van der Waals surface area contributed by atoms with Gasteiger partial charge in [-0.1, -0.05) is 18.2 Å². The average molecular weight is 302 g/mol. The molecule has 110 valence electrons. The van der Waals surface area contributed by atoms with Crippen LogP contribution in [0.3, 0.4) is 0 Å². The van der Waals surface area contributed by atoms with Gasteiger partial charge in [-0.2, -0.15) is 4.31 Å². The van der Waals surface area contributed by atoms with E-state index in [1.165, 1.54) is 0 Å². The summed E-state index contributed by atoms with van der Waals surface area (Å²) in [6.45, 7) is 2.41. The zero-order valence-electron chi connectivity index (χ0n) is 11.9. The molecule has 1 fully saturated rings. The van der Waals surface area contributed by atoms with E-state index < -0.39 is 10.0 Å². The molecule has 0 radical (unpaired) electrons. The number of hydrogen-bond donors (Lipinski definition) is 0. The average Bonchev–Trinajstić information content (AvgIpc) is 2.99. The van der Waals surface area contributed by atoms with Crippen LogP contribution >= 0.6 is 0 Å². The molecule has 2 aromatic rings. The first kappa shape index (κ1) is 14.2. The molecule has 21 heavy (non-hydrogen) atoms. The van der Waals surface area contributed by atoms with E-state index in [1.807, 2.05) is 31.2 Å². The topological polar surface area (TPSA) is 50.3 Å². The molecule has 0 amide bonds. The van der Waals surface area contributed by atoms with E-state index in [9.17, 15) is 8.42 Å². The van der Waals surface area contributed by atoms with Gasteiger partial charge in [-0.25, -0.2) is 8.42 Å². The molecule has 3 rings (SSSR count). The summed E-state index contributed by atoms with van der Waals surface area (Å²) < 4.78 is 27.5. The minimum absolute atomic E-state index is 0.0855. The first-order valence-electron chi connectivity index (χ1n) is 7.08. The predicted octanol–water partition coefficient (Wildman–Crippen LogP) is 2.92. The van der Waals surface area contributed by atoms with E-state index >= 15 is 0 Å². The van der Waals surface area contributed by atoms with E-state index in [1.54, 1.807) is 28.8 Å². The minimum atomic E-state index is -3.45. The lowest BCUT2D eigenvalue weighted by Crippen LogP contribution is -2.31. The van der Waals surface area contributed by atoms with Gasteiger partial charge in [0.15, 0.2) is 0 Å². The molecule has 0 spiro atoms. The van der Waals surface area contributed by atoms with Crippen LogP contribution in [0, 0.1) is 6.92 Å². The van der Waals surface area contributed by atoms with Crippen LogP contribution in [0.2, 0.25) is 0 Å². The van der Waals surface area contributed by atoms with Crippen LogP contribution in [-0.2, 0) is 10.0 Å². The molecule has 4 nitrogen and oxygen atoms in total. The molecule has 1 unspecified atom stereocenters. The molecule has 0 N–H and O–H groups in total. The minimum Gasteiger partial charge on any atom is -0.265 e. The Labute approximate surface area is 125 Å². The van der Waals surface area contributed by atoms with Gasteiger partial charge in [0.1, 0.15) is 0 Å². The molecule has 2 heterocycles. The van der Waals surface area contributed by atoms with Gasteiger partial charge >= 0.3 is 0 Å². The second kappa shape index (κ2) is 5.58. The van der Waals surface area contributed by atoms with Crippen LogP contribution in [-0.4, -0.2) is 24.3 Å². The Morgan fingerprint density at radius 2 is 1.86 bits per heavy atom. The number of aryl methyl sites for hydroxylation is 1. The Kier molecular flexibility index (Phi) is 3.78. The van der Waals surface area contributed by atoms with Crippen molar-refractivity contribution in [3.8, 4) is 0 Å². The highest BCUT2D eigenvalue weighted by molar-refractivity contribution is 7.89. The van der Waals surface area contributed by atoms with E-state index in [4.69, 9.17) is 0 Å². The van der Waals surface area contributed by atoms with Crippen molar-refractivity contribution < 1.29 is 8.42 Å². The molecule has 1 saturated heterocycles. The highest BCUT2D eigenvalue weighted by atomic mass is 32.2. The quantitative estimate of drug-likeness (QED) is 0.876. The van der Waals surface area contributed by atoms with Crippen molar-refractivity contribution in [2.75, 3.05) is 6.54 Å². The molecule has 1 aromatic carbocycles. The maximum Gasteiger partial charge on any atom is 0.243 e.